The highest BCUT2D eigenvalue weighted by atomic mass is 16.5. The number of hydrogen-bond acceptors (Lipinski definition) is 3. The lowest BCUT2D eigenvalue weighted by Crippen LogP contribution is -2.15. The Hall–Kier alpha value is -2.33. The van der Waals surface area contributed by atoms with Crippen LogP contribution >= 0.6 is 0 Å². The first-order valence-electron chi connectivity index (χ1n) is 7.28. The summed E-state index contributed by atoms with van der Waals surface area (Å²) in [6.45, 7) is 1.49. The zero-order valence-corrected chi connectivity index (χ0v) is 13.0. The molecule has 0 amide bonds. The summed E-state index contributed by atoms with van der Waals surface area (Å²) in [6, 6.07) is 14.8. The molecule has 0 saturated carbocycles. The van der Waals surface area contributed by atoms with Gasteiger partial charge in [0.15, 0.2) is 0 Å². The maximum absolute atomic E-state index is 11.2. The molecule has 4 nitrogen and oxygen atoms in total. The van der Waals surface area contributed by atoms with Crippen molar-refractivity contribution in [1.29, 1.82) is 0 Å². The van der Waals surface area contributed by atoms with Gasteiger partial charge in [0, 0.05) is 12.1 Å². The Balaban J connectivity index is 2.23. The fourth-order valence-electron chi connectivity index (χ4n) is 2.19. The number of carboxylic acid groups (broad SMARTS) is 1. The van der Waals surface area contributed by atoms with Crippen molar-refractivity contribution in [2.24, 2.45) is 0 Å². The second kappa shape index (κ2) is 7.61. The van der Waals surface area contributed by atoms with Crippen LogP contribution in [-0.4, -0.2) is 43.2 Å². The number of aromatic carboxylic acids is 1. The zero-order chi connectivity index (χ0) is 15.9. The van der Waals surface area contributed by atoms with Crippen molar-refractivity contribution in [2.75, 3.05) is 27.2 Å². The fraction of sp³-hybridized carbons (Fsp3) is 0.278. The molecule has 0 aliphatic heterocycles. The number of carbonyl (C=O) groups is 1. The van der Waals surface area contributed by atoms with Crippen LogP contribution in [0.25, 0.3) is 11.1 Å². The van der Waals surface area contributed by atoms with Gasteiger partial charge in [-0.1, -0.05) is 30.3 Å². The molecular formula is C18H21NO3. The number of hydrogen-bond donors (Lipinski definition) is 1. The Morgan fingerprint density at radius 3 is 2.50 bits per heavy atom. The Kier molecular flexibility index (Phi) is 5.55. The minimum absolute atomic E-state index is 0.238. The Morgan fingerprint density at radius 2 is 1.86 bits per heavy atom. The third kappa shape index (κ3) is 4.33. The number of ether oxygens (including phenoxy) is 1. The second-order valence-corrected chi connectivity index (χ2v) is 5.39. The Morgan fingerprint density at radius 1 is 1.14 bits per heavy atom. The van der Waals surface area contributed by atoms with Crippen LogP contribution in [0.4, 0.5) is 0 Å². The lowest BCUT2D eigenvalue weighted by molar-refractivity contribution is 0.0696. The van der Waals surface area contributed by atoms with Crippen LogP contribution in [0.15, 0.2) is 48.5 Å². The monoisotopic (exact) mass is 299 g/mol. The Bertz CT molecular complexity index is 623. The van der Waals surface area contributed by atoms with E-state index < -0.39 is 5.97 Å². The van der Waals surface area contributed by atoms with Crippen LogP contribution in [0.3, 0.4) is 0 Å². The van der Waals surface area contributed by atoms with Gasteiger partial charge >= 0.3 is 5.97 Å². The molecule has 0 atom stereocenters. The lowest BCUT2D eigenvalue weighted by atomic mass is 10.0. The molecule has 0 fully saturated rings. The van der Waals surface area contributed by atoms with E-state index in [1.165, 1.54) is 0 Å². The van der Waals surface area contributed by atoms with E-state index in [1.54, 1.807) is 18.2 Å². The molecule has 0 bridgehead atoms. The maximum atomic E-state index is 11.2. The molecule has 0 aromatic heterocycles. The summed E-state index contributed by atoms with van der Waals surface area (Å²) in [5, 5.41) is 9.15. The largest absolute Gasteiger partial charge is 0.493 e. The van der Waals surface area contributed by atoms with Crippen LogP contribution in [0.1, 0.15) is 16.8 Å². The molecule has 22 heavy (non-hydrogen) atoms. The van der Waals surface area contributed by atoms with Crippen LogP contribution in [0.2, 0.25) is 0 Å². The van der Waals surface area contributed by atoms with Crippen LogP contribution in [0.5, 0.6) is 5.75 Å². The van der Waals surface area contributed by atoms with E-state index in [4.69, 9.17) is 9.84 Å². The number of rotatable bonds is 7. The van der Waals surface area contributed by atoms with Crippen molar-refractivity contribution in [3.8, 4) is 16.9 Å². The summed E-state index contributed by atoms with van der Waals surface area (Å²) in [5.41, 5.74) is 2.17. The topological polar surface area (TPSA) is 49.8 Å². The lowest BCUT2D eigenvalue weighted by Gasteiger charge is -2.14. The molecule has 1 N–H and O–H groups in total. The first kappa shape index (κ1) is 16.0. The second-order valence-electron chi connectivity index (χ2n) is 5.39. The molecule has 0 aliphatic carbocycles. The standard InChI is InChI=1S/C18H21NO3/c1-19(2)11-6-12-22-17-13-15(18(20)21)9-10-16(17)14-7-4-3-5-8-14/h3-5,7-10,13H,6,11-12H2,1-2H3,(H,20,21). The van der Waals surface area contributed by atoms with Gasteiger partial charge in [0.1, 0.15) is 5.75 Å². The van der Waals surface area contributed by atoms with Crippen molar-refractivity contribution in [1.82, 2.24) is 4.90 Å². The summed E-state index contributed by atoms with van der Waals surface area (Å²) >= 11 is 0. The summed E-state index contributed by atoms with van der Waals surface area (Å²) < 4.78 is 5.84. The molecule has 2 rings (SSSR count). The molecule has 0 aliphatic rings. The normalized spacial score (nSPS) is 10.7. The predicted molar refractivity (Wildman–Crippen MR) is 87.5 cm³/mol. The van der Waals surface area contributed by atoms with E-state index in [-0.39, 0.29) is 5.56 Å². The smallest absolute Gasteiger partial charge is 0.335 e. The van der Waals surface area contributed by atoms with Gasteiger partial charge in [-0.05, 0) is 44.3 Å². The summed E-state index contributed by atoms with van der Waals surface area (Å²) in [6.07, 6.45) is 0.887. The minimum Gasteiger partial charge on any atom is -0.493 e. The van der Waals surface area contributed by atoms with E-state index in [2.05, 4.69) is 4.90 Å². The SMILES string of the molecule is CN(C)CCCOc1cc(C(=O)O)ccc1-c1ccccc1. The van der Waals surface area contributed by atoms with Crippen LogP contribution < -0.4 is 4.74 Å². The maximum Gasteiger partial charge on any atom is 0.335 e. The Labute approximate surface area is 131 Å². The predicted octanol–water partition coefficient (Wildman–Crippen LogP) is 3.38. The van der Waals surface area contributed by atoms with Crippen molar-refractivity contribution in [3.63, 3.8) is 0 Å². The molecule has 2 aromatic rings. The molecule has 0 spiro atoms. The molecule has 4 heteroatoms. The van der Waals surface area contributed by atoms with E-state index >= 15 is 0 Å². The molecule has 2 aromatic carbocycles. The van der Waals surface area contributed by atoms with Crippen LogP contribution in [0, 0.1) is 0 Å². The van der Waals surface area contributed by atoms with E-state index in [0.29, 0.717) is 12.4 Å². The summed E-state index contributed by atoms with van der Waals surface area (Å²) in [4.78, 5) is 13.3. The van der Waals surface area contributed by atoms with Crippen molar-refractivity contribution in [2.45, 2.75) is 6.42 Å². The highest BCUT2D eigenvalue weighted by Crippen LogP contribution is 2.31. The van der Waals surface area contributed by atoms with Crippen LogP contribution in [-0.2, 0) is 0 Å². The molecule has 0 radical (unpaired) electrons. The van der Waals surface area contributed by atoms with Gasteiger partial charge in [-0.15, -0.1) is 0 Å². The van der Waals surface area contributed by atoms with E-state index in [0.717, 1.165) is 24.1 Å². The average Bonchev–Trinajstić information content (AvgIpc) is 2.52. The first-order valence-corrected chi connectivity index (χ1v) is 7.28. The van der Waals surface area contributed by atoms with E-state index in [1.807, 2.05) is 44.4 Å². The average molecular weight is 299 g/mol. The fourth-order valence-corrected chi connectivity index (χ4v) is 2.19. The quantitative estimate of drug-likeness (QED) is 0.796. The van der Waals surface area contributed by atoms with Gasteiger partial charge in [0.25, 0.3) is 0 Å². The number of nitrogens with zero attached hydrogens (tertiary/aromatic N) is 1. The van der Waals surface area contributed by atoms with Gasteiger partial charge in [-0.25, -0.2) is 4.79 Å². The van der Waals surface area contributed by atoms with Gasteiger partial charge in [0.2, 0.25) is 0 Å². The molecule has 0 saturated heterocycles. The zero-order valence-electron chi connectivity index (χ0n) is 13.0. The highest BCUT2D eigenvalue weighted by Gasteiger charge is 2.11. The number of carboxylic acids is 1. The van der Waals surface area contributed by atoms with Gasteiger partial charge in [-0.2, -0.15) is 0 Å². The third-order valence-electron chi connectivity index (χ3n) is 3.32. The van der Waals surface area contributed by atoms with E-state index in [9.17, 15) is 4.79 Å². The molecule has 0 unspecified atom stereocenters. The third-order valence-corrected chi connectivity index (χ3v) is 3.32. The molecule has 116 valence electrons. The van der Waals surface area contributed by atoms with Crippen molar-refractivity contribution in [3.05, 3.63) is 54.1 Å². The summed E-state index contributed by atoms with van der Waals surface area (Å²) in [5.74, 6) is -0.331. The molecular weight excluding hydrogens is 278 g/mol. The molecule has 0 heterocycles. The van der Waals surface area contributed by atoms with Gasteiger partial charge in [0.05, 0.1) is 12.2 Å². The first-order chi connectivity index (χ1) is 10.6. The minimum atomic E-state index is -0.947. The van der Waals surface area contributed by atoms with Crippen molar-refractivity contribution >= 4 is 5.97 Å². The van der Waals surface area contributed by atoms with Gasteiger partial charge in [-0.3, -0.25) is 0 Å². The highest BCUT2D eigenvalue weighted by molar-refractivity contribution is 5.89. The van der Waals surface area contributed by atoms with Crippen molar-refractivity contribution < 1.29 is 14.6 Å². The van der Waals surface area contributed by atoms with Gasteiger partial charge < -0.3 is 14.7 Å². The number of benzene rings is 2. The summed E-state index contributed by atoms with van der Waals surface area (Å²) in [7, 11) is 4.03.